The van der Waals surface area contributed by atoms with Gasteiger partial charge in [-0.1, -0.05) is 0 Å². The zero-order valence-corrected chi connectivity index (χ0v) is 17.9. The molecule has 1 fully saturated rings. The Balaban J connectivity index is 1.84. The Kier molecular flexibility index (Phi) is 4.99. The first-order valence-corrected chi connectivity index (χ1v) is 16.1. The SMILES string of the molecule is [CH3][Ge]([CH3])([c]1ccccc1)[c]1cnc(-c2ccccc2)cc1C1CCCC1. The first-order chi connectivity index (χ1) is 12.7. The zero-order chi connectivity index (χ0) is 18.0. The van der Waals surface area contributed by atoms with E-state index in [1.807, 2.05) is 0 Å². The van der Waals surface area contributed by atoms with Crippen molar-refractivity contribution in [3.8, 4) is 11.3 Å². The summed E-state index contributed by atoms with van der Waals surface area (Å²) in [6.45, 7) is 0. The fraction of sp³-hybridized carbons (Fsp3) is 0.292. The normalized spacial score (nSPS) is 15.3. The van der Waals surface area contributed by atoms with Crippen LogP contribution in [0.25, 0.3) is 11.3 Å². The minimum atomic E-state index is -2.35. The molecule has 4 rings (SSSR count). The van der Waals surface area contributed by atoms with Gasteiger partial charge in [0.2, 0.25) is 0 Å². The van der Waals surface area contributed by atoms with Crippen molar-refractivity contribution >= 4 is 22.1 Å². The molecule has 26 heavy (non-hydrogen) atoms. The van der Waals surface area contributed by atoms with Gasteiger partial charge in [0.05, 0.1) is 0 Å². The van der Waals surface area contributed by atoms with Gasteiger partial charge < -0.3 is 0 Å². The van der Waals surface area contributed by atoms with E-state index in [4.69, 9.17) is 4.98 Å². The number of nitrogens with zero attached hydrogens (tertiary/aromatic N) is 1. The third-order valence-corrected chi connectivity index (χ3v) is 13.4. The summed E-state index contributed by atoms with van der Waals surface area (Å²) in [7, 11) is 0. The van der Waals surface area contributed by atoms with Crippen molar-refractivity contribution in [3.63, 3.8) is 0 Å². The topological polar surface area (TPSA) is 12.9 Å². The monoisotopic (exact) mass is 403 g/mol. The fourth-order valence-electron chi connectivity index (χ4n) is 4.34. The summed E-state index contributed by atoms with van der Waals surface area (Å²) in [4.78, 5) is 4.92. The Labute approximate surface area is 159 Å². The summed E-state index contributed by atoms with van der Waals surface area (Å²) in [5.41, 5.74) is 3.94. The number of rotatable bonds is 4. The van der Waals surface area contributed by atoms with Gasteiger partial charge in [-0.05, 0) is 0 Å². The van der Waals surface area contributed by atoms with E-state index >= 15 is 0 Å². The Bertz CT molecular complexity index is 865. The van der Waals surface area contributed by atoms with Crippen LogP contribution in [0, 0.1) is 0 Å². The van der Waals surface area contributed by atoms with Crippen molar-refractivity contribution in [3.05, 3.63) is 78.5 Å². The fourth-order valence-corrected chi connectivity index (χ4v) is 10.1. The molecule has 0 spiro atoms. The quantitative estimate of drug-likeness (QED) is 0.545. The van der Waals surface area contributed by atoms with Crippen molar-refractivity contribution < 1.29 is 0 Å². The van der Waals surface area contributed by atoms with Crippen LogP contribution >= 0.6 is 0 Å². The van der Waals surface area contributed by atoms with Crippen molar-refractivity contribution in [2.45, 2.75) is 43.1 Å². The molecule has 1 aromatic heterocycles. The molecule has 0 radical (unpaired) electrons. The van der Waals surface area contributed by atoms with E-state index in [1.54, 1.807) is 14.4 Å². The molecule has 1 aliphatic carbocycles. The molecule has 0 N–H and O–H groups in total. The van der Waals surface area contributed by atoms with Gasteiger partial charge in [0.25, 0.3) is 0 Å². The first-order valence-electron chi connectivity index (χ1n) is 9.77. The first kappa shape index (κ1) is 17.5. The Hall–Kier alpha value is -1.87. The number of pyridine rings is 1. The molecule has 0 amide bonds. The molecule has 0 aliphatic heterocycles. The van der Waals surface area contributed by atoms with Crippen LogP contribution in [-0.4, -0.2) is 18.3 Å². The summed E-state index contributed by atoms with van der Waals surface area (Å²) < 4.78 is 3.11. The van der Waals surface area contributed by atoms with Crippen LogP contribution in [0.15, 0.2) is 72.9 Å². The second-order valence-corrected chi connectivity index (χ2v) is 17.2. The Morgan fingerprint density at radius 1 is 0.846 bits per heavy atom. The predicted molar refractivity (Wildman–Crippen MR) is 114 cm³/mol. The third kappa shape index (κ3) is 3.37. The summed E-state index contributed by atoms with van der Waals surface area (Å²) in [6, 6.07) is 24.2. The maximum atomic E-state index is 4.92. The summed E-state index contributed by atoms with van der Waals surface area (Å²) >= 11 is -2.35. The molecule has 132 valence electrons. The second kappa shape index (κ2) is 7.40. The second-order valence-electron chi connectivity index (χ2n) is 8.00. The minimum absolute atomic E-state index is 0.712. The van der Waals surface area contributed by atoms with Crippen LogP contribution in [0.1, 0.15) is 37.2 Å². The van der Waals surface area contributed by atoms with E-state index in [-0.39, 0.29) is 0 Å². The van der Waals surface area contributed by atoms with Crippen molar-refractivity contribution in [1.29, 1.82) is 0 Å². The van der Waals surface area contributed by atoms with E-state index in [2.05, 4.69) is 84.4 Å². The van der Waals surface area contributed by atoms with Crippen LogP contribution in [0.5, 0.6) is 0 Å². The number of aromatic nitrogens is 1. The van der Waals surface area contributed by atoms with Gasteiger partial charge in [-0.15, -0.1) is 0 Å². The van der Waals surface area contributed by atoms with Gasteiger partial charge in [-0.3, -0.25) is 0 Å². The molecule has 1 saturated carbocycles. The number of benzene rings is 2. The molecule has 0 unspecified atom stereocenters. The van der Waals surface area contributed by atoms with Gasteiger partial charge in [-0.25, -0.2) is 0 Å². The van der Waals surface area contributed by atoms with Crippen LogP contribution in [-0.2, 0) is 0 Å². The van der Waals surface area contributed by atoms with E-state index in [0.717, 1.165) is 5.69 Å². The molecule has 1 aliphatic rings. The van der Waals surface area contributed by atoms with Gasteiger partial charge in [0.15, 0.2) is 0 Å². The number of hydrogen-bond acceptors (Lipinski definition) is 1. The molecular formula is C24H27GeN. The average Bonchev–Trinajstić information content (AvgIpc) is 3.24. The molecule has 1 heterocycles. The van der Waals surface area contributed by atoms with Crippen LogP contribution < -0.4 is 8.79 Å². The van der Waals surface area contributed by atoms with E-state index in [9.17, 15) is 0 Å². The summed E-state index contributed by atoms with van der Waals surface area (Å²) in [6.07, 6.45) is 7.62. The van der Waals surface area contributed by atoms with Crippen molar-refractivity contribution in [2.75, 3.05) is 0 Å². The van der Waals surface area contributed by atoms with Gasteiger partial charge in [-0.2, -0.15) is 0 Å². The van der Waals surface area contributed by atoms with Gasteiger partial charge >= 0.3 is 160 Å². The summed E-state index contributed by atoms with van der Waals surface area (Å²) in [5.74, 6) is 5.75. The molecule has 2 aromatic carbocycles. The molecule has 0 saturated heterocycles. The Morgan fingerprint density at radius 3 is 2.12 bits per heavy atom. The van der Waals surface area contributed by atoms with E-state index in [1.165, 1.54) is 31.2 Å². The predicted octanol–water partition coefficient (Wildman–Crippen LogP) is 5.23. The molecule has 1 nitrogen and oxygen atoms in total. The van der Waals surface area contributed by atoms with Crippen LogP contribution in [0.2, 0.25) is 11.5 Å². The van der Waals surface area contributed by atoms with E-state index in [0.29, 0.717) is 5.92 Å². The van der Waals surface area contributed by atoms with Gasteiger partial charge in [0.1, 0.15) is 0 Å². The Morgan fingerprint density at radius 2 is 1.46 bits per heavy atom. The van der Waals surface area contributed by atoms with Crippen LogP contribution in [0.4, 0.5) is 0 Å². The molecule has 0 atom stereocenters. The third-order valence-electron chi connectivity index (χ3n) is 5.97. The number of hydrogen-bond donors (Lipinski definition) is 0. The zero-order valence-electron chi connectivity index (χ0n) is 15.8. The van der Waals surface area contributed by atoms with Gasteiger partial charge in [0, 0.05) is 0 Å². The van der Waals surface area contributed by atoms with Crippen molar-refractivity contribution in [1.82, 2.24) is 4.98 Å². The summed E-state index contributed by atoms with van der Waals surface area (Å²) in [5, 5.41) is 0. The van der Waals surface area contributed by atoms with Crippen LogP contribution in [0.3, 0.4) is 0 Å². The average molecular weight is 402 g/mol. The van der Waals surface area contributed by atoms with Crippen molar-refractivity contribution in [2.24, 2.45) is 0 Å². The molecule has 2 heteroatoms. The maximum absolute atomic E-state index is 4.92. The standard InChI is InChI=1S/C24H27GeN/c1-25(2,21-15-7-4-8-16-21)23-18-26-24(20-13-5-3-6-14-20)17-22(23)19-11-9-10-12-19/h3-8,13-19H,9-12H2,1-2H3. The molecule has 0 bridgehead atoms. The molecular weight excluding hydrogens is 375 g/mol. The van der Waals surface area contributed by atoms with E-state index < -0.39 is 13.3 Å². The molecule has 3 aromatic rings.